The number of anilines is 1. The van der Waals surface area contributed by atoms with Crippen molar-refractivity contribution < 1.29 is 0 Å². The second-order valence-electron chi connectivity index (χ2n) is 5.88. The van der Waals surface area contributed by atoms with E-state index in [1.165, 1.54) is 12.8 Å². The maximum Gasteiger partial charge on any atom is 0.252 e. The highest BCUT2D eigenvalue weighted by Crippen LogP contribution is 2.36. The number of hydrogen-bond donors (Lipinski definition) is 0. The van der Waals surface area contributed by atoms with Crippen LogP contribution in [0.1, 0.15) is 12.8 Å². The Kier molecular flexibility index (Phi) is 2.49. The number of pyridine rings is 1. The summed E-state index contributed by atoms with van der Waals surface area (Å²) in [5.74, 6) is 1.71. The summed E-state index contributed by atoms with van der Waals surface area (Å²) in [4.78, 5) is 14.6. The summed E-state index contributed by atoms with van der Waals surface area (Å²) >= 11 is 0. The Morgan fingerprint density at radius 1 is 1.30 bits per heavy atom. The number of nitrogens with zero attached hydrogens (tertiary/aromatic N) is 4. The van der Waals surface area contributed by atoms with Gasteiger partial charge in [0.15, 0.2) is 0 Å². The standard InChI is InChI=1S/C15H18N4O/c1-17-10-12(7-16-17)13-4-5-14(20)19-9-11-3-2-6-18(8-11)15(13)19/h4-5,7,10-11H,2-3,6,8-9H2,1H3. The van der Waals surface area contributed by atoms with E-state index in [1.54, 1.807) is 10.7 Å². The molecule has 5 heteroatoms. The van der Waals surface area contributed by atoms with E-state index in [1.807, 2.05) is 30.1 Å². The predicted molar refractivity (Wildman–Crippen MR) is 77.8 cm³/mol. The summed E-state index contributed by atoms with van der Waals surface area (Å²) in [6.07, 6.45) is 6.34. The van der Waals surface area contributed by atoms with E-state index in [2.05, 4.69) is 10.00 Å². The third-order valence-electron chi connectivity index (χ3n) is 4.43. The van der Waals surface area contributed by atoms with Gasteiger partial charge in [0.2, 0.25) is 0 Å². The quantitative estimate of drug-likeness (QED) is 0.788. The fraction of sp³-hybridized carbons (Fsp3) is 0.467. The molecule has 1 atom stereocenters. The summed E-state index contributed by atoms with van der Waals surface area (Å²) < 4.78 is 3.76. The molecule has 1 unspecified atom stereocenters. The fourth-order valence-electron chi connectivity index (χ4n) is 3.54. The van der Waals surface area contributed by atoms with Crippen molar-refractivity contribution in [3.63, 3.8) is 0 Å². The van der Waals surface area contributed by atoms with Gasteiger partial charge in [-0.1, -0.05) is 0 Å². The number of aryl methyl sites for hydroxylation is 1. The van der Waals surface area contributed by atoms with Crippen molar-refractivity contribution >= 4 is 5.82 Å². The predicted octanol–water partition coefficient (Wildman–Crippen LogP) is 1.48. The molecule has 4 heterocycles. The van der Waals surface area contributed by atoms with E-state index in [0.29, 0.717) is 5.92 Å². The Balaban J connectivity index is 1.94. The summed E-state index contributed by atoms with van der Waals surface area (Å²) in [6.45, 7) is 2.99. The lowest BCUT2D eigenvalue weighted by Crippen LogP contribution is -2.46. The van der Waals surface area contributed by atoms with Gasteiger partial charge in [-0.2, -0.15) is 5.10 Å². The van der Waals surface area contributed by atoms with Crippen molar-refractivity contribution in [2.75, 3.05) is 18.0 Å². The first-order valence-corrected chi connectivity index (χ1v) is 7.20. The molecule has 2 aliphatic heterocycles. The topological polar surface area (TPSA) is 43.1 Å². The minimum atomic E-state index is 0.115. The number of piperidine rings is 1. The van der Waals surface area contributed by atoms with Crippen molar-refractivity contribution in [1.82, 2.24) is 14.3 Å². The van der Waals surface area contributed by atoms with Crippen LogP contribution in [-0.2, 0) is 13.6 Å². The van der Waals surface area contributed by atoms with Gasteiger partial charge in [0, 0.05) is 50.1 Å². The average molecular weight is 270 g/mol. The molecular formula is C15H18N4O. The first-order valence-electron chi connectivity index (χ1n) is 7.20. The van der Waals surface area contributed by atoms with Gasteiger partial charge >= 0.3 is 0 Å². The van der Waals surface area contributed by atoms with Crippen molar-refractivity contribution in [1.29, 1.82) is 0 Å². The zero-order valence-electron chi connectivity index (χ0n) is 11.6. The van der Waals surface area contributed by atoms with Crippen molar-refractivity contribution in [2.45, 2.75) is 19.4 Å². The average Bonchev–Trinajstić information content (AvgIpc) is 2.87. The van der Waals surface area contributed by atoms with Crippen LogP contribution in [0.15, 0.2) is 29.3 Å². The van der Waals surface area contributed by atoms with Gasteiger partial charge < -0.3 is 4.90 Å². The SMILES string of the molecule is Cn1cc(-c2ccc(=O)n3c2N2CCCC(C2)C3)cn1. The monoisotopic (exact) mass is 270 g/mol. The molecule has 0 spiro atoms. The van der Waals surface area contributed by atoms with Crippen LogP contribution in [0.4, 0.5) is 5.82 Å². The van der Waals surface area contributed by atoms with Crippen LogP contribution in [0.5, 0.6) is 0 Å². The second-order valence-corrected chi connectivity index (χ2v) is 5.88. The number of fused-ring (bicyclic) bond motifs is 4. The Labute approximate surface area is 117 Å². The van der Waals surface area contributed by atoms with Gasteiger partial charge in [0.05, 0.1) is 6.20 Å². The molecule has 104 valence electrons. The van der Waals surface area contributed by atoms with Crippen molar-refractivity contribution in [3.8, 4) is 11.1 Å². The molecule has 0 aromatic carbocycles. The lowest BCUT2D eigenvalue weighted by atomic mass is 9.94. The van der Waals surface area contributed by atoms with Crippen LogP contribution >= 0.6 is 0 Å². The zero-order chi connectivity index (χ0) is 13.7. The Hall–Kier alpha value is -2.04. The highest BCUT2D eigenvalue weighted by Gasteiger charge is 2.30. The third-order valence-corrected chi connectivity index (χ3v) is 4.43. The molecule has 2 aliphatic rings. The number of rotatable bonds is 1. The fourth-order valence-corrected chi connectivity index (χ4v) is 3.54. The van der Waals surface area contributed by atoms with Crippen LogP contribution in [0.3, 0.4) is 0 Å². The summed E-state index contributed by atoms with van der Waals surface area (Å²) in [6, 6.07) is 3.63. The van der Waals surface area contributed by atoms with E-state index in [4.69, 9.17) is 0 Å². The van der Waals surface area contributed by atoms with E-state index < -0.39 is 0 Å². The molecule has 0 N–H and O–H groups in total. The van der Waals surface area contributed by atoms with E-state index in [0.717, 1.165) is 36.6 Å². The molecule has 1 saturated heterocycles. The van der Waals surface area contributed by atoms with E-state index in [9.17, 15) is 4.79 Å². The molecule has 2 aromatic heterocycles. The molecule has 5 nitrogen and oxygen atoms in total. The number of hydrogen-bond acceptors (Lipinski definition) is 3. The van der Waals surface area contributed by atoms with Gasteiger partial charge in [0.1, 0.15) is 5.82 Å². The van der Waals surface area contributed by atoms with Crippen molar-refractivity contribution in [2.24, 2.45) is 13.0 Å². The molecule has 0 radical (unpaired) electrons. The zero-order valence-corrected chi connectivity index (χ0v) is 11.6. The minimum Gasteiger partial charge on any atom is -0.357 e. The first kappa shape index (κ1) is 11.8. The molecule has 0 saturated carbocycles. The molecule has 2 bridgehead atoms. The van der Waals surface area contributed by atoms with Gasteiger partial charge in [-0.05, 0) is 24.8 Å². The molecule has 4 rings (SSSR count). The molecule has 0 amide bonds. The molecule has 0 aliphatic carbocycles. The third kappa shape index (κ3) is 1.69. The van der Waals surface area contributed by atoms with Gasteiger partial charge in [-0.25, -0.2) is 0 Å². The maximum absolute atomic E-state index is 12.2. The van der Waals surface area contributed by atoms with E-state index in [-0.39, 0.29) is 5.56 Å². The maximum atomic E-state index is 12.2. The summed E-state index contributed by atoms with van der Waals surface area (Å²) in [5.41, 5.74) is 2.32. The minimum absolute atomic E-state index is 0.115. The summed E-state index contributed by atoms with van der Waals surface area (Å²) in [5, 5.41) is 4.25. The molecular weight excluding hydrogens is 252 g/mol. The van der Waals surface area contributed by atoms with Gasteiger partial charge in [-0.15, -0.1) is 0 Å². The first-order chi connectivity index (χ1) is 9.72. The lowest BCUT2D eigenvalue weighted by molar-refractivity contribution is 0.329. The normalized spacial score (nSPS) is 20.9. The highest BCUT2D eigenvalue weighted by molar-refractivity contribution is 5.76. The highest BCUT2D eigenvalue weighted by atomic mass is 16.1. The van der Waals surface area contributed by atoms with Crippen LogP contribution in [0, 0.1) is 5.92 Å². The molecule has 20 heavy (non-hydrogen) atoms. The second kappa shape index (κ2) is 4.23. The largest absolute Gasteiger partial charge is 0.357 e. The van der Waals surface area contributed by atoms with Crippen molar-refractivity contribution in [3.05, 3.63) is 34.9 Å². The van der Waals surface area contributed by atoms with Crippen LogP contribution < -0.4 is 10.5 Å². The Bertz CT molecular complexity index is 715. The Morgan fingerprint density at radius 3 is 3.00 bits per heavy atom. The van der Waals surface area contributed by atoms with Crippen LogP contribution in [-0.4, -0.2) is 27.4 Å². The van der Waals surface area contributed by atoms with Gasteiger partial charge in [0.25, 0.3) is 5.56 Å². The van der Waals surface area contributed by atoms with Crippen LogP contribution in [0.2, 0.25) is 0 Å². The van der Waals surface area contributed by atoms with Crippen LogP contribution in [0.25, 0.3) is 11.1 Å². The molecule has 2 aromatic rings. The summed E-state index contributed by atoms with van der Waals surface area (Å²) in [7, 11) is 1.92. The molecule has 1 fully saturated rings. The lowest BCUT2D eigenvalue weighted by Gasteiger charge is -2.41. The van der Waals surface area contributed by atoms with E-state index >= 15 is 0 Å². The number of aromatic nitrogens is 3. The Morgan fingerprint density at radius 2 is 2.20 bits per heavy atom. The smallest absolute Gasteiger partial charge is 0.252 e. The van der Waals surface area contributed by atoms with Gasteiger partial charge in [-0.3, -0.25) is 14.0 Å².